The number of piperidine rings is 1. The van der Waals surface area contributed by atoms with E-state index in [0.717, 1.165) is 31.0 Å². The number of rotatable bonds is 9. The molecule has 1 aromatic carbocycles. The van der Waals surface area contributed by atoms with Crippen LogP contribution in [0.5, 0.6) is 0 Å². The highest BCUT2D eigenvalue weighted by atomic mass is 16.6. The van der Waals surface area contributed by atoms with Crippen molar-refractivity contribution in [2.45, 2.75) is 112 Å². The molecule has 0 saturated carbocycles. The molecule has 9 nitrogen and oxygen atoms in total. The average Bonchev–Trinajstić information content (AvgIpc) is 2.89. The maximum Gasteiger partial charge on any atom is 0.303 e. The van der Waals surface area contributed by atoms with Crippen molar-refractivity contribution in [1.82, 2.24) is 10.2 Å². The third-order valence-corrected chi connectivity index (χ3v) is 7.46. The van der Waals surface area contributed by atoms with Crippen LogP contribution >= 0.6 is 0 Å². The van der Waals surface area contributed by atoms with Gasteiger partial charge in [-0.3, -0.25) is 29.4 Å². The Balaban J connectivity index is 0.000000725. The number of aliphatic hydroxyl groups is 1. The molecule has 1 aromatic rings. The number of benzene rings is 1. The van der Waals surface area contributed by atoms with Gasteiger partial charge in [0, 0.05) is 48.7 Å². The zero-order chi connectivity index (χ0) is 31.5. The summed E-state index contributed by atoms with van der Waals surface area (Å²) in [6, 6.07) is 4.88. The van der Waals surface area contributed by atoms with Gasteiger partial charge in [0.2, 0.25) is 11.8 Å². The highest BCUT2D eigenvalue weighted by Crippen LogP contribution is 2.40. The molecule has 2 aliphatic rings. The molecular formula is C32H53N3O6. The Morgan fingerprint density at radius 2 is 1.88 bits per heavy atom. The molecule has 0 bridgehead atoms. The van der Waals surface area contributed by atoms with Gasteiger partial charge >= 0.3 is 5.97 Å². The number of nitrogens with zero attached hydrogens (tertiary/aromatic N) is 2. The SMILES string of the molecule is CC.CC(=O)OC(C)(C)C.CCC(C)CCC1(C)CN(c2ccc(C=O)c(C(O)N(C)C3CCC(=O)NC3=O)c2)C1. The number of amides is 2. The zero-order valence-corrected chi connectivity index (χ0v) is 26.9. The molecule has 3 atom stereocenters. The van der Waals surface area contributed by atoms with Gasteiger partial charge in [0.1, 0.15) is 18.1 Å². The van der Waals surface area contributed by atoms with Crippen LogP contribution in [0.1, 0.15) is 117 Å². The number of likely N-dealkylation sites (N-methyl/N-ethyl adjacent to an activating group) is 1. The lowest BCUT2D eigenvalue weighted by Gasteiger charge is -2.50. The number of imide groups is 1. The van der Waals surface area contributed by atoms with E-state index in [1.807, 2.05) is 46.8 Å². The monoisotopic (exact) mass is 575 g/mol. The van der Waals surface area contributed by atoms with Crippen LogP contribution in [0.15, 0.2) is 18.2 Å². The van der Waals surface area contributed by atoms with Crippen LogP contribution in [-0.4, -0.2) is 65.9 Å². The van der Waals surface area contributed by atoms with E-state index in [-0.39, 0.29) is 29.3 Å². The molecule has 2 saturated heterocycles. The Hall–Kier alpha value is -2.78. The zero-order valence-electron chi connectivity index (χ0n) is 26.9. The summed E-state index contributed by atoms with van der Waals surface area (Å²) < 4.78 is 4.80. The molecule has 2 aliphatic heterocycles. The van der Waals surface area contributed by atoms with E-state index in [4.69, 9.17) is 4.74 Å². The van der Waals surface area contributed by atoms with Crippen LogP contribution < -0.4 is 10.2 Å². The van der Waals surface area contributed by atoms with E-state index >= 15 is 0 Å². The van der Waals surface area contributed by atoms with E-state index in [1.54, 1.807) is 13.1 Å². The summed E-state index contributed by atoms with van der Waals surface area (Å²) in [6.07, 6.45) is 3.81. The predicted molar refractivity (Wildman–Crippen MR) is 163 cm³/mol. The second-order valence-corrected chi connectivity index (χ2v) is 12.4. The lowest BCUT2D eigenvalue weighted by molar-refractivity contribution is -0.152. The number of hydrogen-bond donors (Lipinski definition) is 2. The number of nitrogens with one attached hydrogen (secondary N) is 1. The molecule has 41 heavy (non-hydrogen) atoms. The van der Waals surface area contributed by atoms with Crippen LogP contribution in [-0.2, 0) is 19.1 Å². The van der Waals surface area contributed by atoms with Crippen LogP contribution in [0.2, 0.25) is 0 Å². The summed E-state index contributed by atoms with van der Waals surface area (Å²) in [7, 11) is 1.64. The Kier molecular flexibility index (Phi) is 14.2. The van der Waals surface area contributed by atoms with Crippen molar-refractivity contribution in [2.75, 3.05) is 25.0 Å². The first-order valence-electron chi connectivity index (χ1n) is 14.9. The second-order valence-electron chi connectivity index (χ2n) is 12.4. The molecular weight excluding hydrogens is 522 g/mol. The average molecular weight is 576 g/mol. The van der Waals surface area contributed by atoms with Crippen molar-refractivity contribution < 1.29 is 29.0 Å². The molecule has 3 unspecified atom stereocenters. The summed E-state index contributed by atoms with van der Waals surface area (Å²) >= 11 is 0. The van der Waals surface area contributed by atoms with Gasteiger partial charge in [-0.2, -0.15) is 0 Å². The third kappa shape index (κ3) is 11.2. The minimum absolute atomic E-state index is 0.225. The third-order valence-electron chi connectivity index (χ3n) is 7.46. The van der Waals surface area contributed by atoms with Crippen molar-refractivity contribution in [3.05, 3.63) is 29.3 Å². The molecule has 232 valence electrons. The summed E-state index contributed by atoms with van der Waals surface area (Å²) in [6.45, 7) is 19.7. The number of anilines is 1. The number of aldehydes is 1. The molecule has 2 N–H and O–H groups in total. The second kappa shape index (κ2) is 16.0. The van der Waals surface area contributed by atoms with Crippen molar-refractivity contribution >= 4 is 29.8 Å². The predicted octanol–water partition coefficient (Wildman–Crippen LogP) is 5.25. The summed E-state index contributed by atoms with van der Waals surface area (Å²) in [5.41, 5.74) is 1.81. The van der Waals surface area contributed by atoms with Crippen LogP contribution in [0.25, 0.3) is 0 Å². The fraction of sp³-hybridized carbons (Fsp3) is 0.688. The van der Waals surface area contributed by atoms with Gasteiger partial charge in [-0.15, -0.1) is 0 Å². The van der Waals surface area contributed by atoms with Gasteiger partial charge in [0.25, 0.3) is 0 Å². The van der Waals surface area contributed by atoms with Crippen molar-refractivity contribution in [3.8, 4) is 0 Å². The largest absolute Gasteiger partial charge is 0.460 e. The highest BCUT2D eigenvalue weighted by molar-refractivity contribution is 6.00. The Bertz CT molecular complexity index is 1030. The molecule has 2 heterocycles. The van der Waals surface area contributed by atoms with E-state index in [2.05, 4.69) is 31.0 Å². The number of aliphatic hydroxyl groups excluding tert-OH is 1. The molecule has 0 spiro atoms. The fourth-order valence-electron chi connectivity index (χ4n) is 5.00. The standard InChI is InChI=1S/C24H35N3O4.C6H12O2.C2H6/c1-5-16(2)10-11-24(3)14-27(15-24)18-7-6-17(13-28)19(12-18)23(31)26(4)20-8-9-21(29)25-22(20)30;1-5(7)8-6(2,3)4;1-2/h6-7,12-13,16,20,23,31H,5,8-11,14-15H2,1-4H3,(H,25,29,30);1-4H3;1-2H3. The summed E-state index contributed by atoms with van der Waals surface area (Å²) in [5.74, 6) is -0.199. The molecule has 2 fully saturated rings. The number of esters is 1. The van der Waals surface area contributed by atoms with Gasteiger partial charge in [-0.25, -0.2) is 0 Å². The Labute approximate surface area is 247 Å². The fourth-order valence-corrected chi connectivity index (χ4v) is 5.00. The summed E-state index contributed by atoms with van der Waals surface area (Å²) in [5, 5.41) is 13.3. The van der Waals surface area contributed by atoms with Gasteiger partial charge in [-0.05, 0) is 64.8 Å². The highest BCUT2D eigenvalue weighted by Gasteiger charge is 2.39. The van der Waals surface area contributed by atoms with E-state index < -0.39 is 18.2 Å². The van der Waals surface area contributed by atoms with Gasteiger partial charge in [-0.1, -0.05) is 47.5 Å². The number of carbonyl (C=O) groups excluding carboxylic acids is 4. The molecule has 0 aliphatic carbocycles. The maximum absolute atomic E-state index is 12.2. The molecule has 2 amide bonds. The number of carbonyl (C=O) groups is 4. The first-order valence-corrected chi connectivity index (χ1v) is 14.9. The molecule has 0 aromatic heterocycles. The topological polar surface area (TPSA) is 116 Å². The van der Waals surface area contributed by atoms with Crippen LogP contribution in [0, 0.1) is 11.3 Å². The molecule has 3 rings (SSSR count). The molecule has 9 heteroatoms. The van der Waals surface area contributed by atoms with Gasteiger partial charge < -0.3 is 14.7 Å². The Morgan fingerprint density at radius 3 is 2.34 bits per heavy atom. The first kappa shape index (κ1) is 36.2. The lowest BCUT2D eigenvalue weighted by Crippen LogP contribution is -2.55. The van der Waals surface area contributed by atoms with E-state index in [1.165, 1.54) is 31.1 Å². The van der Waals surface area contributed by atoms with Crippen LogP contribution in [0.4, 0.5) is 5.69 Å². The maximum atomic E-state index is 12.2. The minimum Gasteiger partial charge on any atom is -0.460 e. The minimum atomic E-state index is -1.12. The van der Waals surface area contributed by atoms with Crippen molar-refractivity contribution in [1.29, 1.82) is 0 Å². The number of ether oxygens (including phenoxy) is 1. The van der Waals surface area contributed by atoms with Crippen molar-refractivity contribution in [2.24, 2.45) is 11.3 Å². The Morgan fingerprint density at radius 1 is 1.27 bits per heavy atom. The van der Waals surface area contributed by atoms with E-state index in [9.17, 15) is 24.3 Å². The van der Waals surface area contributed by atoms with Gasteiger partial charge in [0.15, 0.2) is 0 Å². The molecule has 0 radical (unpaired) electrons. The normalized spacial score (nSPS) is 19.4. The number of hydrogen-bond acceptors (Lipinski definition) is 8. The quantitative estimate of drug-likeness (QED) is 0.177. The smallest absolute Gasteiger partial charge is 0.303 e. The van der Waals surface area contributed by atoms with Crippen LogP contribution in [0.3, 0.4) is 0 Å². The lowest BCUT2D eigenvalue weighted by atomic mass is 9.76. The van der Waals surface area contributed by atoms with E-state index in [0.29, 0.717) is 17.5 Å². The summed E-state index contributed by atoms with van der Waals surface area (Å²) in [4.78, 5) is 49.3. The van der Waals surface area contributed by atoms with Crippen molar-refractivity contribution in [3.63, 3.8) is 0 Å². The van der Waals surface area contributed by atoms with Gasteiger partial charge in [0.05, 0.1) is 6.04 Å². The first-order chi connectivity index (χ1) is 19.1.